The third-order valence-electron chi connectivity index (χ3n) is 2.86. The van der Waals surface area contributed by atoms with Crippen LogP contribution in [0.2, 0.25) is 0 Å². The summed E-state index contributed by atoms with van der Waals surface area (Å²) in [5.41, 5.74) is 11.4. The van der Waals surface area contributed by atoms with E-state index in [4.69, 9.17) is 11.5 Å². The smallest absolute Gasteiger partial charge is 0.0549 e. The molecule has 0 aromatic heterocycles. The Bertz CT molecular complexity index is 98.0. The maximum atomic E-state index is 5.68. The van der Waals surface area contributed by atoms with Gasteiger partial charge in [-0.15, -0.1) is 0 Å². The van der Waals surface area contributed by atoms with Crippen LogP contribution in [-0.2, 0) is 0 Å². The zero-order valence-electron chi connectivity index (χ0n) is 8.72. The molecule has 12 heavy (non-hydrogen) atoms. The summed E-state index contributed by atoms with van der Waals surface area (Å²) in [5.74, 6) is 1.32. The quantitative estimate of drug-likeness (QED) is 0.603. The molecule has 0 aliphatic heterocycles. The molecule has 4 N–H and O–H groups in total. The predicted octanol–water partition coefficient (Wildman–Crippen LogP) is 2.08. The Morgan fingerprint density at radius 3 is 1.67 bits per heavy atom. The Kier molecular flexibility index (Phi) is 6.39. The van der Waals surface area contributed by atoms with Crippen molar-refractivity contribution >= 4 is 0 Å². The molecule has 1 unspecified atom stereocenters. The van der Waals surface area contributed by atoms with E-state index in [1.165, 1.54) is 19.3 Å². The zero-order valence-corrected chi connectivity index (χ0v) is 8.72. The second-order valence-electron chi connectivity index (χ2n) is 3.66. The molecular weight excluding hydrogens is 148 g/mol. The second-order valence-corrected chi connectivity index (χ2v) is 3.66. The lowest BCUT2D eigenvalue weighted by atomic mass is 9.88. The fourth-order valence-corrected chi connectivity index (χ4v) is 1.65. The van der Waals surface area contributed by atoms with Crippen molar-refractivity contribution < 1.29 is 0 Å². The highest BCUT2D eigenvalue weighted by atomic mass is 14.9. The van der Waals surface area contributed by atoms with E-state index >= 15 is 0 Å². The van der Waals surface area contributed by atoms with Crippen LogP contribution in [0.1, 0.15) is 46.5 Å². The molecule has 0 amide bonds. The lowest BCUT2D eigenvalue weighted by molar-refractivity contribution is 0.305. The van der Waals surface area contributed by atoms with E-state index in [2.05, 4.69) is 20.8 Å². The van der Waals surface area contributed by atoms with Gasteiger partial charge < -0.3 is 11.5 Å². The summed E-state index contributed by atoms with van der Waals surface area (Å²) >= 11 is 0. The van der Waals surface area contributed by atoms with Crippen molar-refractivity contribution in [3.05, 3.63) is 0 Å². The highest BCUT2D eigenvalue weighted by molar-refractivity contribution is 4.69. The van der Waals surface area contributed by atoms with Crippen molar-refractivity contribution in [2.75, 3.05) is 0 Å². The molecule has 0 rings (SSSR count). The number of nitrogens with two attached hydrogens (primary N) is 2. The first-order valence-corrected chi connectivity index (χ1v) is 5.16. The monoisotopic (exact) mass is 172 g/mol. The SMILES string of the molecule is CCC(CC)CC(CC)C(N)N. The van der Waals surface area contributed by atoms with Crippen LogP contribution < -0.4 is 11.5 Å². The van der Waals surface area contributed by atoms with E-state index in [1.807, 2.05) is 0 Å². The summed E-state index contributed by atoms with van der Waals surface area (Å²) in [6.07, 6.45) is 4.67. The van der Waals surface area contributed by atoms with Gasteiger partial charge in [-0.25, -0.2) is 0 Å². The van der Waals surface area contributed by atoms with Gasteiger partial charge in [-0.3, -0.25) is 0 Å². The first-order chi connectivity index (χ1) is 5.65. The van der Waals surface area contributed by atoms with Gasteiger partial charge in [0, 0.05) is 0 Å². The molecule has 2 nitrogen and oxygen atoms in total. The van der Waals surface area contributed by atoms with Gasteiger partial charge in [0.05, 0.1) is 6.17 Å². The van der Waals surface area contributed by atoms with E-state index in [0.29, 0.717) is 5.92 Å². The molecule has 0 radical (unpaired) electrons. The minimum Gasteiger partial charge on any atom is -0.316 e. The zero-order chi connectivity index (χ0) is 9.56. The molecule has 0 heterocycles. The van der Waals surface area contributed by atoms with Crippen molar-refractivity contribution in [1.82, 2.24) is 0 Å². The molecular formula is C10H24N2. The van der Waals surface area contributed by atoms with Gasteiger partial charge in [0.1, 0.15) is 0 Å². The molecule has 0 aliphatic carbocycles. The average molecular weight is 172 g/mol. The van der Waals surface area contributed by atoms with Crippen LogP contribution in [0.5, 0.6) is 0 Å². The molecule has 2 heteroatoms. The van der Waals surface area contributed by atoms with Crippen molar-refractivity contribution in [3.63, 3.8) is 0 Å². The summed E-state index contributed by atoms with van der Waals surface area (Å²) in [6, 6.07) is 0. The molecule has 74 valence electrons. The van der Waals surface area contributed by atoms with Gasteiger partial charge in [0.15, 0.2) is 0 Å². The highest BCUT2D eigenvalue weighted by Crippen LogP contribution is 2.21. The molecule has 0 bridgehead atoms. The molecule has 0 saturated heterocycles. The second kappa shape index (κ2) is 6.44. The Balaban J connectivity index is 3.82. The lowest BCUT2D eigenvalue weighted by Crippen LogP contribution is -2.39. The van der Waals surface area contributed by atoms with E-state index in [1.54, 1.807) is 0 Å². The minimum atomic E-state index is -0.129. The summed E-state index contributed by atoms with van der Waals surface area (Å²) < 4.78 is 0. The Morgan fingerprint density at radius 2 is 1.42 bits per heavy atom. The first-order valence-electron chi connectivity index (χ1n) is 5.16. The molecule has 0 spiro atoms. The van der Waals surface area contributed by atoms with Crippen LogP contribution in [0.3, 0.4) is 0 Å². The molecule has 0 aliphatic rings. The van der Waals surface area contributed by atoms with Gasteiger partial charge in [0.2, 0.25) is 0 Å². The van der Waals surface area contributed by atoms with Crippen LogP contribution in [0.25, 0.3) is 0 Å². The topological polar surface area (TPSA) is 52.0 Å². The van der Waals surface area contributed by atoms with Crippen LogP contribution in [0.4, 0.5) is 0 Å². The highest BCUT2D eigenvalue weighted by Gasteiger charge is 2.15. The van der Waals surface area contributed by atoms with E-state index < -0.39 is 0 Å². The van der Waals surface area contributed by atoms with Crippen molar-refractivity contribution in [2.24, 2.45) is 23.3 Å². The molecule has 0 aromatic carbocycles. The predicted molar refractivity (Wildman–Crippen MR) is 54.6 cm³/mol. The standard InChI is InChI=1S/C10H24N2/c1-4-8(5-2)7-9(6-3)10(11)12/h8-10H,4-7,11-12H2,1-3H3. The van der Waals surface area contributed by atoms with Gasteiger partial charge >= 0.3 is 0 Å². The molecule has 0 aromatic rings. The van der Waals surface area contributed by atoms with Crippen molar-refractivity contribution in [1.29, 1.82) is 0 Å². The maximum Gasteiger partial charge on any atom is 0.0549 e. The largest absolute Gasteiger partial charge is 0.316 e. The summed E-state index contributed by atoms with van der Waals surface area (Å²) in [4.78, 5) is 0. The first kappa shape index (κ1) is 11.9. The number of hydrogen-bond acceptors (Lipinski definition) is 2. The van der Waals surface area contributed by atoms with Gasteiger partial charge in [-0.2, -0.15) is 0 Å². The van der Waals surface area contributed by atoms with Crippen LogP contribution in [0.15, 0.2) is 0 Å². The van der Waals surface area contributed by atoms with E-state index in [0.717, 1.165) is 12.3 Å². The summed E-state index contributed by atoms with van der Waals surface area (Å²) in [5, 5.41) is 0. The summed E-state index contributed by atoms with van der Waals surface area (Å²) in [7, 11) is 0. The van der Waals surface area contributed by atoms with E-state index in [9.17, 15) is 0 Å². The van der Waals surface area contributed by atoms with Crippen LogP contribution in [0, 0.1) is 11.8 Å². The molecule has 0 saturated carbocycles. The van der Waals surface area contributed by atoms with Crippen LogP contribution >= 0.6 is 0 Å². The Morgan fingerprint density at radius 1 is 0.917 bits per heavy atom. The van der Waals surface area contributed by atoms with E-state index in [-0.39, 0.29) is 6.17 Å². The minimum absolute atomic E-state index is 0.129. The normalized spacial score (nSPS) is 14.2. The third-order valence-corrected chi connectivity index (χ3v) is 2.86. The molecule has 1 atom stereocenters. The average Bonchev–Trinajstić information content (AvgIpc) is 2.06. The van der Waals surface area contributed by atoms with Gasteiger partial charge in [-0.05, 0) is 18.3 Å². The number of hydrogen-bond donors (Lipinski definition) is 2. The Labute approximate surface area is 76.7 Å². The lowest BCUT2D eigenvalue weighted by Gasteiger charge is -2.23. The fraction of sp³-hybridized carbons (Fsp3) is 1.00. The Hall–Kier alpha value is -0.0800. The van der Waals surface area contributed by atoms with Gasteiger partial charge in [-0.1, -0.05) is 40.0 Å². The fourth-order valence-electron chi connectivity index (χ4n) is 1.65. The van der Waals surface area contributed by atoms with Crippen molar-refractivity contribution in [3.8, 4) is 0 Å². The van der Waals surface area contributed by atoms with Crippen LogP contribution in [-0.4, -0.2) is 6.17 Å². The maximum absolute atomic E-state index is 5.68. The third kappa shape index (κ3) is 4.07. The molecule has 0 fully saturated rings. The van der Waals surface area contributed by atoms with Crippen molar-refractivity contribution in [2.45, 2.75) is 52.6 Å². The summed E-state index contributed by atoms with van der Waals surface area (Å²) in [6.45, 7) is 6.64. The van der Waals surface area contributed by atoms with Gasteiger partial charge in [0.25, 0.3) is 0 Å². The number of rotatable bonds is 6.